The number of rotatable bonds is 9. The third-order valence-corrected chi connectivity index (χ3v) is 6.43. The number of carbonyl (C=O) groups excluding carboxylic acids is 1. The second-order valence-corrected chi connectivity index (χ2v) is 8.92. The van der Waals surface area contributed by atoms with Crippen LogP contribution in [0.25, 0.3) is 0 Å². The molecule has 0 bridgehead atoms. The van der Waals surface area contributed by atoms with Gasteiger partial charge in [-0.2, -0.15) is 0 Å². The van der Waals surface area contributed by atoms with Crippen molar-refractivity contribution in [1.29, 1.82) is 0 Å². The van der Waals surface area contributed by atoms with E-state index in [1.165, 1.54) is 37.8 Å². The van der Waals surface area contributed by atoms with Crippen LogP contribution >= 0.6 is 0 Å². The minimum Gasteiger partial charge on any atom is -0.490 e. The van der Waals surface area contributed by atoms with Crippen LogP contribution in [0.2, 0.25) is 0 Å². The number of ether oxygens (including phenoxy) is 1. The van der Waals surface area contributed by atoms with Crippen molar-refractivity contribution in [3.05, 3.63) is 65.5 Å². The predicted molar refractivity (Wildman–Crippen MR) is 124 cm³/mol. The van der Waals surface area contributed by atoms with E-state index in [0.29, 0.717) is 25.7 Å². The number of nitrogens with one attached hydrogen (secondary N) is 1. The normalized spacial score (nSPS) is 16.9. The quantitative estimate of drug-likeness (QED) is 0.601. The third kappa shape index (κ3) is 6.70. The van der Waals surface area contributed by atoms with E-state index < -0.39 is 0 Å². The first-order chi connectivity index (χ1) is 15.7. The van der Waals surface area contributed by atoms with Gasteiger partial charge in [0.25, 0.3) is 0 Å². The Morgan fingerprint density at radius 2 is 1.66 bits per heavy atom. The van der Waals surface area contributed by atoms with E-state index in [9.17, 15) is 9.18 Å². The molecule has 1 aliphatic carbocycles. The summed E-state index contributed by atoms with van der Waals surface area (Å²) in [7, 11) is 0. The van der Waals surface area contributed by atoms with Gasteiger partial charge in [-0.15, -0.1) is 0 Å². The van der Waals surface area contributed by atoms with Crippen LogP contribution < -0.4 is 10.1 Å². The maximum absolute atomic E-state index is 13.3. The van der Waals surface area contributed by atoms with E-state index in [1.54, 1.807) is 12.1 Å². The number of piperidine rings is 1. The molecule has 0 atom stereocenters. The number of hydrogen-bond donors (Lipinski definition) is 1. The summed E-state index contributed by atoms with van der Waals surface area (Å²) in [6.45, 7) is 4.64. The minimum absolute atomic E-state index is 0.0962. The lowest BCUT2D eigenvalue weighted by Crippen LogP contribution is -2.44. The molecule has 6 heteroatoms. The zero-order valence-corrected chi connectivity index (χ0v) is 18.8. The molecule has 1 N–H and O–H groups in total. The van der Waals surface area contributed by atoms with Gasteiger partial charge < -0.3 is 19.9 Å². The number of hydrogen-bond acceptors (Lipinski definition) is 3. The highest BCUT2D eigenvalue weighted by molar-refractivity contribution is 5.74. The summed E-state index contributed by atoms with van der Waals surface area (Å²) >= 11 is 0. The monoisotopic (exact) mass is 439 g/mol. The average Bonchev–Trinajstić information content (AvgIpc) is 2.80. The maximum atomic E-state index is 13.3. The SMILES string of the molecule is O=C(NCc1ccc(OC2CCC2)cc1)N(CCN1CCCCC1)Cc1ccc(F)cc1. The van der Waals surface area contributed by atoms with Gasteiger partial charge in [0.2, 0.25) is 0 Å². The van der Waals surface area contributed by atoms with Crippen LogP contribution in [-0.2, 0) is 13.1 Å². The Kier molecular flexibility index (Phi) is 7.99. The Morgan fingerprint density at radius 1 is 0.969 bits per heavy atom. The molecule has 2 fully saturated rings. The highest BCUT2D eigenvalue weighted by atomic mass is 19.1. The molecule has 1 heterocycles. The van der Waals surface area contributed by atoms with Crippen molar-refractivity contribution in [2.24, 2.45) is 0 Å². The minimum atomic E-state index is -0.261. The number of amides is 2. The molecule has 4 rings (SSSR count). The standard InChI is InChI=1S/C26H34FN3O2/c27-23-11-7-22(8-12-23)20-30(18-17-29-15-2-1-3-16-29)26(31)28-19-21-9-13-25(14-10-21)32-24-5-4-6-24/h7-14,24H,1-6,15-20H2,(H,28,31). The van der Waals surface area contributed by atoms with Crippen LogP contribution in [0.1, 0.15) is 49.7 Å². The Balaban J connectivity index is 1.31. The number of benzene rings is 2. The number of urea groups is 1. The average molecular weight is 440 g/mol. The Labute approximate surface area is 190 Å². The van der Waals surface area contributed by atoms with Gasteiger partial charge in [-0.25, -0.2) is 9.18 Å². The Hall–Kier alpha value is -2.60. The number of halogens is 1. The Bertz CT molecular complexity index is 846. The van der Waals surface area contributed by atoms with Crippen molar-refractivity contribution in [2.75, 3.05) is 26.2 Å². The molecule has 0 radical (unpaired) electrons. The molecule has 1 saturated heterocycles. The van der Waals surface area contributed by atoms with Crippen LogP contribution in [-0.4, -0.2) is 48.1 Å². The molecule has 172 valence electrons. The smallest absolute Gasteiger partial charge is 0.318 e. The predicted octanol–water partition coefficient (Wildman–Crippen LogP) is 4.95. The molecule has 1 aliphatic heterocycles. The third-order valence-electron chi connectivity index (χ3n) is 6.43. The van der Waals surface area contributed by atoms with Crippen molar-refractivity contribution in [1.82, 2.24) is 15.1 Å². The van der Waals surface area contributed by atoms with Gasteiger partial charge in [-0.3, -0.25) is 0 Å². The van der Waals surface area contributed by atoms with E-state index in [0.717, 1.165) is 49.4 Å². The fraction of sp³-hybridized carbons (Fsp3) is 0.500. The second kappa shape index (κ2) is 11.3. The second-order valence-electron chi connectivity index (χ2n) is 8.92. The zero-order chi connectivity index (χ0) is 22.2. The largest absolute Gasteiger partial charge is 0.490 e. The summed E-state index contributed by atoms with van der Waals surface area (Å²) in [4.78, 5) is 17.3. The highest BCUT2D eigenvalue weighted by Gasteiger charge is 2.19. The molecule has 0 spiro atoms. The van der Waals surface area contributed by atoms with Crippen molar-refractivity contribution < 1.29 is 13.9 Å². The van der Waals surface area contributed by atoms with Gasteiger partial charge >= 0.3 is 6.03 Å². The van der Waals surface area contributed by atoms with Gasteiger partial charge in [0.15, 0.2) is 0 Å². The highest BCUT2D eigenvalue weighted by Crippen LogP contribution is 2.25. The van der Waals surface area contributed by atoms with Crippen LogP contribution in [0.3, 0.4) is 0 Å². The summed E-state index contributed by atoms with van der Waals surface area (Å²) in [6, 6.07) is 14.3. The first-order valence-electron chi connectivity index (χ1n) is 11.9. The first kappa shape index (κ1) is 22.6. The molecule has 5 nitrogen and oxygen atoms in total. The summed E-state index contributed by atoms with van der Waals surface area (Å²) in [5.74, 6) is 0.632. The van der Waals surface area contributed by atoms with E-state index in [4.69, 9.17) is 4.74 Å². The number of nitrogens with zero attached hydrogens (tertiary/aromatic N) is 2. The molecular formula is C26H34FN3O2. The van der Waals surface area contributed by atoms with Crippen molar-refractivity contribution in [2.45, 2.75) is 57.7 Å². The Morgan fingerprint density at radius 3 is 2.31 bits per heavy atom. The lowest BCUT2D eigenvalue weighted by Gasteiger charge is -2.30. The van der Waals surface area contributed by atoms with Gasteiger partial charge in [0.1, 0.15) is 11.6 Å². The van der Waals surface area contributed by atoms with Crippen LogP contribution in [0.15, 0.2) is 48.5 Å². The fourth-order valence-electron chi connectivity index (χ4n) is 4.16. The molecule has 2 aromatic rings. The van der Waals surface area contributed by atoms with Gasteiger partial charge in [0.05, 0.1) is 6.10 Å². The van der Waals surface area contributed by atoms with Crippen LogP contribution in [0.5, 0.6) is 5.75 Å². The topological polar surface area (TPSA) is 44.8 Å². The molecular weight excluding hydrogens is 405 g/mol. The fourth-order valence-corrected chi connectivity index (χ4v) is 4.16. The molecule has 2 aromatic carbocycles. The first-order valence-corrected chi connectivity index (χ1v) is 11.9. The van der Waals surface area contributed by atoms with Crippen molar-refractivity contribution in [3.63, 3.8) is 0 Å². The summed E-state index contributed by atoms with van der Waals surface area (Å²) < 4.78 is 19.2. The molecule has 2 amide bonds. The van der Waals surface area contributed by atoms with E-state index in [-0.39, 0.29) is 11.8 Å². The van der Waals surface area contributed by atoms with Gasteiger partial charge in [0, 0.05) is 26.2 Å². The van der Waals surface area contributed by atoms with Crippen molar-refractivity contribution in [3.8, 4) is 5.75 Å². The van der Waals surface area contributed by atoms with Gasteiger partial charge in [-0.1, -0.05) is 30.7 Å². The maximum Gasteiger partial charge on any atom is 0.318 e. The summed E-state index contributed by atoms with van der Waals surface area (Å²) in [5, 5.41) is 3.05. The lowest BCUT2D eigenvalue weighted by molar-refractivity contribution is 0.120. The van der Waals surface area contributed by atoms with Crippen LogP contribution in [0.4, 0.5) is 9.18 Å². The lowest BCUT2D eigenvalue weighted by atomic mass is 9.96. The van der Waals surface area contributed by atoms with Crippen LogP contribution in [0, 0.1) is 5.82 Å². The molecule has 1 saturated carbocycles. The van der Waals surface area contributed by atoms with E-state index in [2.05, 4.69) is 10.2 Å². The molecule has 0 aromatic heterocycles. The summed E-state index contributed by atoms with van der Waals surface area (Å²) in [5.41, 5.74) is 1.97. The van der Waals surface area contributed by atoms with E-state index in [1.807, 2.05) is 29.2 Å². The molecule has 32 heavy (non-hydrogen) atoms. The van der Waals surface area contributed by atoms with Gasteiger partial charge in [-0.05, 0) is 80.6 Å². The number of carbonyl (C=O) groups is 1. The van der Waals surface area contributed by atoms with Crippen molar-refractivity contribution >= 4 is 6.03 Å². The number of likely N-dealkylation sites (tertiary alicyclic amines) is 1. The zero-order valence-electron chi connectivity index (χ0n) is 18.8. The summed E-state index contributed by atoms with van der Waals surface area (Å²) in [6.07, 6.45) is 7.63. The molecule has 0 unspecified atom stereocenters. The van der Waals surface area contributed by atoms with E-state index >= 15 is 0 Å². The molecule has 2 aliphatic rings.